The highest BCUT2D eigenvalue weighted by atomic mass is 16.6. The van der Waals surface area contributed by atoms with Crippen LogP contribution in [-0.4, -0.2) is 39.8 Å². The molecule has 1 aromatic rings. The number of carbonyl (C=O) groups excluding carboxylic acids is 1. The average Bonchev–Trinajstić information content (AvgIpc) is 2.38. The predicted octanol–water partition coefficient (Wildman–Crippen LogP) is 1.88. The van der Waals surface area contributed by atoms with Gasteiger partial charge in [-0.3, -0.25) is 0 Å². The molecule has 0 bridgehead atoms. The number of rotatable bonds is 1. The SMILES string of the molecule is CC(C)(C)OC(=O)N1CCC(O)(c2ccc(N)nc2)CC1. The van der Waals surface area contributed by atoms with Crippen LogP contribution in [0.3, 0.4) is 0 Å². The minimum absolute atomic E-state index is 0.333. The minimum Gasteiger partial charge on any atom is -0.444 e. The monoisotopic (exact) mass is 293 g/mol. The summed E-state index contributed by atoms with van der Waals surface area (Å²) in [6.45, 7) is 6.42. The van der Waals surface area contributed by atoms with Gasteiger partial charge >= 0.3 is 6.09 Å². The summed E-state index contributed by atoms with van der Waals surface area (Å²) in [5.41, 5.74) is 4.83. The van der Waals surface area contributed by atoms with Crippen LogP contribution < -0.4 is 5.73 Å². The topological polar surface area (TPSA) is 88.7 Å². The minimum atomic E-state index is -0.959. The van der Waals surface area contributed by atoms with E-state index in [1.165, 1.54) is 0 Å². The van der Waals surface area contributed by atoms with Crippen molar-refractivity contribution in [3.05, 3.63) is 23.9 Å². The van der Waals surface area contributed by atoms with E-state index in [1.54, 1.807) is 23.2 Å². The Balaban J connectivity index is 1.99. The van der Waals surface area contributed by atoms with Gasteiger partial charge in [-0.15, -0.1) is 0 Å². The molecule has 1 aromatic heterocycles. The van der Waals surface area contributed by atoms with Crippen LogP contribution in [0, 0.1) is 0 Å². The van der Waals surface area contributed by atoms with Gasteiger partial charge in [-0.25, -0.2) is 9.78 Å². The van der Waals surface area contributed by atoms with E-state index in [9.17, 15) is 9.90 Å². The first-order valence-corrected chi connectivity index (χ1v) is 7.12. The highest BCUT2D eigenvalue weighted by Crippen LogP contribution is 2.33. The van der Waals surface area contributed by atoms with Crippen LogP contribution in [0.1, 0.15) is 39.2 Å². The number of amides is 1. The number of nitrogens with zero attached hydrogens (tertiary/aromatic N) is 2. The second-order valence-electron chi connectivity index (χ2n) is 6.47. The number of ether oxygens (including phenoxy) is 1. The Bertz CT molecular complexity index is 500. The molecule has 1 fully saturated rings. The normalized spacial score (nSPS) is 18.4. The molecule has 116 valence electrons. The van der Waals surface area contributed by atoms with Crippen molar-refractivity contribution in [3.63, 3.8) is 0 Å². The number of nitrogen functional groups attached to an aromatic ring is 1. The van der Waals surface area contributed by atoms with E-state index in [1.807, 2.05) is 20.8 Å². The molecule has 0 spiro atoms. The van der Waals surface area contributed by atoms with Gasteiger partial charge in [0.05, 0.1) is 5.60 Å². The van der Waals surface area contributed by atoms with Gasteiger partial charge in [0, 0.05) is 24.8 Å². The van der Waals surface area contributed by atoms with Crippen LogP contribution in [0.4, 0.5) is 10.6 Å². The fourth-order valence-electron chi connectivity index (χ4n) is 2.35. The van der Waals surface area contributed by atoms with E-state index in [0.29, 0.717) is 31.7 Å². The zero-order valence-corrected chi connectivity index (χ0v) is 12.8. The van der Waals surface area contributed by atoms with E-state index in [-0.39, 0.29) is 6.09 Å². The molecule has 0 atom stereocenters. The van der Waals surface area contributed by atoms with E-state index >= 15 is 0 Å². The lowest BCUT2D eigenvalue weighted by atomic mass is 9.85. The van der Waals surface area contributed by atoms with Crippen molar-refractivity contribution >= 4 is 11.9 Å². The van der Waals surface area contributed by atoms with Gasteiger partial charge < -0.3 is 20.5 Å². The maximum Gasteiger partial charge on any atom is 0.410 e. The fourth-order valence-corrected chi connectivity index (χ4v) is 2.35. The predicted molar refractivity (Wildman–Crippen MR) is 79.6 cm³/mol. The summed E-state index contributed by atoms with van der Waals surface area (Å²) in [5, 5.41) is 10.7. The molecule has 0 unspecified atom stereocenters. The van der Waals surface area contributed by atoms with Crippen molar-refractivity contribution in [1.82, 2.24) is 9.88 Å². The van der Waals surface area contributed by atoms with Crippen molar-refractivity contribution in [2.75, 3.05) is 18.8 Å². The maximum absolute atomic E-state index is 12.0. The lowest BCUT2D eigenvalue weighted by Crippen LogP contribution is -2.46. The fraction of sp³-hybridized carbons (Fsp3) is 0.600. The number of anilines is 1. The number of hydrogen-bond acceptors (Lipinski definition) is 5. The largest absolute Gasteiger partial charge is 0.444 e. The first-order chi connectivity index (χ1) is 9.70. The summed E-state index contributed by atoms with van der Waals surface area (Å²) in [4.78, 5) is 17.6. The zero-order valence-electron chi connectivity index (χ0n) is 12.8. The molecular weight excluding hydrogens is 270 g/mol. The zero-order chi connectivity index (χ0) is 15.7. The lowest BCUT2D eigenvalue weighted by Gasteiger charge is -2.38. The Labute approximate surface area is 124 Å². The molecule has 0 radical (unpaired) electrons. The second kappa shape index (κ2) is 5.52. The Morgan fingerprint density at radius 1 is 1.38 bits per heavy atom. The number of aromatic nitrogens is 1. The van der Waals surface area contributed by atoms with Crippen LogP contribution in [0.5, 0.6) is 0 Å². The molecule has 0 aromatic carbocycles. The summed E-state index contributed by atoms with van der Waals surface area (Å²) in [6, 6.07) is 3.46. The molecule has 6 heteroatoms. The second-order valence-corrected chi connectivity index (χ2v) is 6.47. The van der Waals surface area contributed by atoms with Gasteiger partial charge in [0.2, 0.25) is 0 Å². The smallest absolute Gasteiger partial charge is 0.410 e. The first kappa shape index (κ1) is 15.6. The van der Waals surface area contributed by atoms with E-state index in [2.05, 4.69) is 4.98 Å². The van der Waals surface area contributed by atoms with E-state index in [0.717, 1.165) is 5.56 Å². The van der Waals surface area contributed by atoms with Gasteiger partial charge in [0.25, 0.3) is 0 Å². The summed E-state index contributed by atoms with van der Waals surface area (Å²) in [5.74, 6) is 0.425. The van der Waals surface area contributed by atoms with Gasteiger partial charge in [0.1, 0.15) is 11.4 Å². The number of nitrogens with two attached hydrogens (primary N) is 1. The number of aliphatic hydroxyl groups is 1. The van der Waals surface area contributed by atoms with E-state index < -0.39 is 11.2 Å². The Hall–Kier alpha value is -1.82. The molecule has 2 heterocycles. The van der Waals surface area contributed by atoms with Crippen LogP contribution in [0.15, 0.2) is 18.3 Å². The highest BCUT2D eigenvalue weighted by molar-refractivity contribution is 5.68. The Morgan fingerprint density at radius 3 is 2.48 bits per heavy atom. The van der Waals surface area contributed by atoms with E-state index in [4.69, 9.17) is 10.5 Å². The van der Waals surface area contributed by atoms with Crippen LogP contribution in [0.25, 0.3) is 0 Å². The van der Waals surface area contributed by atoms with Crippen LogP contribution >= 0.6 is 0 Å². The molecule has 21 heavy (non-hydrogen) atoms. The van der Waals surface area contributed by atoms with Crippen LogP contribution in [0.2, 0.25) is 0 Å². The summed E-state index contributed by atoms with van der Waals surface area (Å²) in [7, 11) is 0. The molecule has 0 saturated carbocycles. The van der Waals surface area contributed by atoms with Crippen molar-refractivity contribution in [2.45, 2.75) is 44.8 Å². The van der Waals surface area contributed by atoms with Gasteiger partial charge in [-0.2, -0.15) is 0 Å². The molecule has 6 nitrogen and oxygen atoms in total. The summed E-state index contributed by atoms with van der Waals surface area (Å²) in [6.07, 6.45) is 2.17. The molecule has 1 amide bonds. The molecule has 1 aliphatic rings. The van der Waals surface area contributed by atoms with Gasteiger partial charge in [0.15, 0.2) is 0 Å². The molecule has 2 rings (SSSR count). The summed E-state index contributed by atoms with van der Waals surface area (Å²) < 4.78 is 5.34. The van der Waals surface area contributed by atoms with Crippen LogP contribution in [-0.2, 0) is 10.3 Å². The highest BCUT2D eigenvalue weighted by Gasteiger charge is 2.36. The number of hydrogen-bond donors (Lipinski definition) is 2. The molecule has 1 aliphatic heterocycles. The average molecular weight is 293 g/mol. The number of pyridine rings is 1. The lowest BCUT2D eigenvalue weighted by molar-refractivity contribution is -0.0357. The third-order valence-electron chi connectivity index (χ3n) is 3.57. The summed E-state index contributed by atoms with van der Waals surface area (Å²) >= 11 is 0. The third-order valence-corrected chi connectivity index (χ3v) is 3.57. The third kappa shape index (κ3) is 3.85. The van der Waals surface area contributed by atoms with Crippen molar-refractivity contribution in [1.29, 1.82) is 0 Å². The Morgan fingerprint density at radius 2 is 2.00 bits per heavy atom. The first-order valence-electron chi connectivity index (χ1n) is 7.12. The number of likely N-dealkylation sites (tertiary alicyclic amines) is 1. The van der Waals surface area contributed by atoms with Crippen molar-refractivity contribution in [2.24, 2.45) is 0 Å². The van der Waals surface area contributed by atoms with Gasteiger partial charge in [-0.05, 0) is 39.7 Å². The molecule has 3 N–H and O–H groups in total. The maximum atomic E-state index is 12.0. The van der Waals surface area contributed by atoms with Crippen molar-refractivity contribution in [3.8, 4) is 0 Å². The number of carbonyl (C=O) groups is 1. The quantitative estimate of drug-likeness (QED) is 0.825. The Kier molecular flexibility index (Phi) is 4.09. The molecule has 1 saturated heterocycles. The van der Waals surface area contributed by atoms with Gasteiger partial charge in [-0.1, -0.05) is 6.07 Å². The molecular formula is C15H23N3O3. The standard InChI is InChI=1S/C15H23N3O3/c1-14(2,3)21-13(19)18-8-6-15(20,7-9-18)11-4-5-12(16)17-10-11/h4-5,10,20H,6-9H2,1-3H3,(H2,16,17). The molecule has 0 aliphatic carbocycles. The number of piperidine rings is 1. The van der Waals surface area contributed by atoms with Crippen molar-refractivity contribution < 1.29 is 14.6 Å².